The molecule has 32 heavy (non-hydrogen) atoms. The van der Waals surface area contributed by atoms with E-state index in [1.54, 1.807) is 6.20 Å². The van der Waals surface area contributed by atoms with Gasteiger partial charge in [-0.15, -0.1) is 0 Å². The van der Waals surface area contributed by atoms with Gasteiger partial charge in [-0.2, -0.15) is 5.10 Å². The molecule has 2 aromatic carbocycles. The van der Waals surface area contributed by atoms with Crippen molar-refractivity contribution in [3.05, 3.63) is 89.4 Å². The lowest BCUT2D eigenvalue weighted by atomic mass is 10.0. The van der Waals surface area contributed by atoms with Gasteiger partial charge in [0.15, 0.2) is 5.65 Å². The molecule has 4 rings (SSSR count). The van der Waals surface area contributed by atoms with E-state index in [1.807, 2.05) is 47.8 Å². The molecular formula is C27H30N4O. The van der Waals surface area contributed by atoms with E-state index in [9.17, 15) is 4.79 Å². The minimum Gasteiger partial charge on any atom is -0.349 e. The van der Waals surface area contributed by atoms with Gasteiger partial charge < -0.3 is 5.32 Å². The van der Waals surface area contributed by atoms with E-state index in [1.165, 1.54) is 5.56 Å². The first-order valence-electron chi connectivity index (χ1n) is 11.4. The number of benzene rings is 2. The monoisotopic (exact) mass is 426 g/mol. The topological polar surface area (TPSA) is 59.3 Å². The number of carbonyl (C=O) groups excluding carboxylic acids is 1. The molecule has 0 spiro atoms. The highest BCUT2D eigenvalue weighted by Crippen LogP contribution is 2.28. The molecule has 2 heterocycles. The van der Waals surface area contributed by atoms with Crippen LogP contribution in [0.3, 0.4) is 0 Å². The van der Waals surface area contributed by atoms with Crippen LogP contribution in [0.5, 0.6) is 0 Å². The predicted octanol–water partition coefficient (Wildman–Crippen LogP) is 5.41. The first-order valence-corrected chi connectivity index (χ1v) is 11.4. The number of rotatable bonds is 8. The van der Waals surface area contributed by atoms with Crippen LogP contribution in [0.25, 0.3) is 16.8 Å². The Hall–Kier alpha value is -3.47. The van der Waals surface area contributed by atoms with Gasteiger partial charge in [-0.3, -0.25) is 4.79 Å². The Morgan fingerprint density at radius 3 is 2.41 bits per heavy atom. The summed E-state index contributed by atoms with van der Waals surface area (Å²) in [6.07, 6.45) is 5.21. The van der Waals surface area contributed by atoms with Crippen LogP contribution in [0.2, 0.25) is 0 Å². The largest absolute Gasteiger partial charge is 0.349 e. The van der Waals surface area contributed by atoms with Crippen LogP contribution in [0.15, 0.2) is 66.9 Å². The van der Waals surface area contributed by atoms with Crippen LogP contribution < -0.4 is 5.32 Å². The first kappa shape index (κ1) is 21.8. The average Bonchev–Trinajstić information content (AvgIpc) is 3.15. The second-order valence-corrected chi connectivity index (χ2v) is 8.33. The van der Waals surface area contributed by atoms with Crippen molar-refractivity contribution < 1.29 is 4.79 Å². The molecule has 0 aliphatic rings. The first-order chi connectivity index (χ1) is 15.6. The molecule has 1 amide bonds. The third-order valence-electron chi connectivity index (χ3n) is 5.80. The molecule has 1 N–H and O–H groups in total. The van der Waals surface area contributed by atoms with Crippen molar-refractivity contribution in [1.82, 2.24) is 19.9 Å². The van der Waals surface area contributed by atoms with Crippen LogP contribution in [-0.4, -0.2) is 26.5 Å². The number of hydrogen-bond donors (Lipinski definition) is 1. The Labute approximate surface area is 189 Å². The molecule has 0 saturated carbocycles. The molecular weight excluding hydrogens is 396 g/mol. The number of fused-ring (bicyclic) bond motifs is 1. The highest BCUT2D eigenvalue weighted by Gasteiger charge is 2.21. The van der Waals surface area contributed by atoms with Gasteiger partial charge in [0.1, 0.15) is 0 Å². The molecule has 2 aromatic heterocycles. The molecule has 164 valence electrons. The van der Waals surface area contributed by atoms with Gasteiger partial charge >= 0.3 is 0 Å². The maximum atomic E-state index is 13.2. The van der Waals surface area contributed by atoms with Gasteiger partial charge in [-0.1, -0.05) is 74.0 Å². The highest BCUT2D eigenvalue weighted by atomic mass is 16.1. The molecule has 0 aliphatic heterocycles. The number of hydrogen-bond acceptors (Lipinski definition) is 3. The van der Waals surface area contributed by atoms with Crippen LogP contribution in [0.1, 0.15) is 54.0 Å². The number of carbonyl (C=O) groups is 1. The van der Waals surface area contributed by atoms with Crippen LogP contribution in [0, 0.1) is 6.92 Å². The molecule has 0 unspecified atom stereocenters. The maximum absolute atomic E-state index is 13.2. The van der Waals surface area contributed by atoms with Crippen LogP contribution in [0.4, 0.5) is 0 Å². The zero-order chi connectivity index (χ0) is 22.5. The lowest BCUT2D eigenvalue weighted by Gasteiger charge is -2.16. The Kier molecular flexibility index (Phi) is 6.64. The summed E-state index contributed by atoms with van der Waals surface area (Å²) >= 11 is 0. The fourth-order valence-corrected chi connectivity index (χ4v) is 4.15. The standard InChI is InChI=1S/C27H30N4O/c1-4-11-24-23(27(32)29-19(2)16-17-21-12-7-5-8-13-21)18-28-26-25(20(3)30-31(24)26)22-14-9-6-10-15-22/h5-10,12-15,18-19H,4,11,16-17H2,1-3H3,(H,29,32)/t19-/m1/s1. The SMILES string of the molecule is CCCc1c(C(=O)N[C@H](C)CCc2ccccc2)cnc2c(-c3ccccc3)c(C)nn12. The fourth-order valence-electron chi connectivity index (χ4n) is 4.15. The van der Waals surface area contributed by atoms with Crippen molar-refractivity contribution in [2.45, 2.75) is 52.5 Å². The van der Waals surface area contributed by atoms with Crippen molar-refractivity contribution in [3.63, 3.8) is 0 Å². The number of nitrogens with zero attached hydrogens (tertiary/aromatic N) is 3. The Morgan fingerprint density at radius 2 is 1.72 bits per heavy atom. The van der Waals surface area contributed by atoms with E-state index in [0.29, 0.717) is 5.56 Å². The number of aromatic nitrogens is 3. The van der Waals surface area contributed by atoms with Gasteiger partial charge in [-0.05, 0) is 44.2 Å². The van der Waals surface area contributed by atoms with E-state index in [2.05, 4.69) is 48.4 Å². The summed E-state index contributed by atoms with van der Waals surface area (Å²) in [7, 11) is 0. The number of amides is 1. The summed E-state index contributed by atoms with van der Waals surface area (Å²) in [5.74, 6) is -0.0853. The summed E-state index contributed by atoms with van der Waals surface area (Å²) in [6.45, 7) is 6.17. The van der Waals surface area contributed by atoms with Crippen molar-refractivity contribution in [2.75, 3.05) is 0 Å². The Bertz CT molecular complexity index is 1200. The van der Waals surface area contributed by atoms with E-state index >= 15 is 0 Å². The molecule has 5 heteroatoms. The summed E-state index contributed by atoms with van der Waals surface area (Å²) in [5.41, 5.74) is 6.61. The van der Waals surface area contributed by atoms with Gasteiger partial charge in [-0.25, -0.2) is 9.50 Å². The lowest BCUT2D eigenvalue weighted by Crippen LogP contribution is -2.34. The molecule has 0 saturated heterocycles. The second kappa shape index (κ2) is 9.77. The Morgan fingerprint density at radius 1 is 1.03 bits per heavy atom. The van der Waals surface area contributed by atoms with E-state index in [4.69, 9.17) is 5.10 Å². The van der Waals surface area contributed by atoms with Gasteiger partial charge in [0.25, 0.3) is 5.91 Å². The summed E-state index contributed by atoms with van der Waals surface area (Å²) in [4.78, 5) is 17.9. The fraction of sp³-hybridized carbons (Fsp3) is 0.296. The molecule has 0 fully saturated rings. The van der Waals surface area contributed by atoms with Crippen LogP contribution >= 0.6 is 0 Å². The molecule has 0 radical (unpaired) electrons. The predicted molar refractivity (Wildman–Crippen MR) is 129 cm³/mol. The summed E-state index contributed by atoms with van der Waals surface area (Å²) in [5, 5.41) is 7.94. The third kappa shape index (κ3) is 4.57. The smallest absolute Gasteiger partial charge is 0.254 e. The lowest BCUT2D eigenvalue weighted by molar-refractivity contribution is 0.0936. The molecule has 1 atom stereocenters. The van der Waals surface area contributed by atoms with Crippen molar-refractivity contribution in [2.24, 2.45) is 0 Å². The normalized spacial score (nSPS) is 12.1. The molecule has 4 aromatic rings. The van der Waals surface area contributed by atoms with Gasteiger partial charge in [0.2, 0.25) is 0 Å². The zero-order valence-electron chi connectivity index (χ0n) is 19.0. The highest BCUT2D eigenvalue weighted by molar-refractivity contribution is 5.96. The minimum absolute atomic E-state index is 0.0621. The van der Waals surface area contributed by atoms with Crippen molar-refractivity contribution in [3.8, 4) is 11.1 Å². The summed E-state index contributed by atoms with van der Waals surface area (Å²) in [6, 6.07) is 20.6. The van der Waals surface area contributed by atoms with Gasteiger partial charge in [0.05, 0.1) is 17.0 Å². The Balaban J connectivity index is 1.60. The number of nitrogens with one attached hydrogen (secondary N) is 1. The minimum atomic E-state index is -0.0853. The second-order valence-electron chi connectivity index (χ2n) is 8.33. The third-order valence-corrected chi connectivity index (χ3v) is 5.80. The average molecular weight is 427 g/mol. The molecule has 0 bridgehead atoms. The quantitative estimate of drug-likeness (QED) is 0.410. The van der Waals surface area contributed by atoms with Crippen molar-refractivity contribution in [1.29, 1.82) is 0 Å². The summed E-state index contributed by atoms with van der Waals surface area (Å²) < 4.78 is 1.87. The van der Waals surface area contributed by atoms with Gasteiger partial charge in [0, 0.05) is 17.8 Å². The maximum Gasteiger partial charge on any atom is 0.254 e. The van der Waals surface area contributed by atoms with E-state index in [0.717, 1.165) is 53.8 Å². The van der Waals surface area contributed by atoms with E-state index < -0.39 is 0 Å². The van der Waals surface area contributed by atoms with E-state index in [-0.39, 0.29) is 11.9 Å². The van der Waals surface area contributed by atoms with Crippen molar-refractivity contribution >= 4 is 11.6 Å². The molecule has 0 aliphatic carbocycles. The zero-order valence-corrected chi connectivity index (χ0v) is 19.0. The number of aryl methyl sites for hydroxylation is 3. The molecule has 5 nitrogen and oxygen atoms in total. The van der Waals surface area contributed by atoms with Crippen LogP contribution in [-0.2, 0) is 12.8 Å².